The Kier molecular flexibility index (Phi) is 5.39. The quantitative estimate of drug-likeness (QED) is 0.716. The van der Waals surface area contributed by atoms with Crippen molar-refractivity contribution in [1.82, 2.24) is 19.7 Å². The van der Waals surface area contributed by atoms with Crippen LogP contribution in [0.3, 0.4) is 0 Å². The zero-order valence-corrected chi connectivity index (χ0v) is 16.4. The maximum Gasteiger partial charge on any atom is 0.227 e. The third-order valence-electron chi connectivity index (χ3n) is 4.61. The molecule has 1 N–H and O–H groups in total. The lowest BCUT2D eigenvalue weighted by molar-refractivity contribution is -0.116. The number of carbonyl (C=O) groups is 1. The first-order chi connectivity index (χ1) is 12.8. The number of benzene rings is 1. The van der Waals surface area contributed by atoms with Crippen LogP contribution in [-0.2, 0) is 18.3 Å². The lowest BCUT2D eigenvalue weighted by Crippen LogP contribution is -2.15. The molecule has 1 aromatic carbocycles. The van der Waals surface area contributed by atoms with Gasteiger partial charge in [0.1, 0.15) is 0 Å². The number of aryl methyl sites for hydroxylation is 3. The van der Waals surface area contributed by atoms with Crippen molar-refractivity contribution >= 4 is 11.9 Å². The summed E-state index contributed by atoms with van der Waals surface area (Å²) in [5, 5.41) is 6.76. The van der Waals surface area contributed by atoms with Gasteiger partial charge >= 0.3 is 0 Å². The summed E-state index contributed by atoms with van der Waals surface area (Å²) in [6.45, 7) is 8.16. The number of hydrogen-bond donors (Lipinski definition) is 1. The van der Waals surface area contributed by atoms with Gasteiger partial charge in [0, 0.05) is 31.4 Å². The molecule has 0 aliphatic heterocycles. The summed E-state index contributed by atoms with van der Waals surface area (Å²) < 4.78 is 7.05. The van der Waals surface area contributed by atoms with Crippen LogP contribution in [0.1, 0.15) is 49.0 Å². The van der Waals surface area contributed by atoms with Crippen molar-refractivity contribution in [1.29, 1.82) is 0 Å². The summed E-state index contributed by atoms with van der Waals surface area (Å²) >= 11 is 0. The molecule has 1 amide bonds. The highest BCUT2D eigenvalue weighted by molar-refractivity contribution is 5.89. The first-order valence-electron chi connectivity index (χ1n) is 9.07. The number of nitrogens with zero attached hydrogens (tertiary/aromatic N) is 4. The molecule has 0 unspecified atom stereocenters. The van der Waals surface area contributed by atoms with E-state index in [1.165, 1.54) is 11.1 Å². The van der Waals surface area contributed by atoms with Crippen LogP contribution in [0.2, 0.25) is 0 Å². The van der Waals surface area contributed by atoms with Crippen LogP contribution >= 0.6 is 0 Å². The van der Waals surface area contributed by atoms with Gasteiger partial charge in [-0.2, -0.15) is 4.98 Å². The molecule has 3 rings (SSSR count). The fraction of sp³-hybridized carbons (Fsp3) is 0.400. The standard InChI is InChI=1S/C20H25N5O2/c1-12(2)19-23-18(27-24-19)9-8-17(26)22-20-21-11-16(25(20)5)15-7-6-13(3)14(4)10-15/h6-7,10-12H,8-9H2,1-5H3,(H,21,22,26). The van der Waals surface area contributed by atoms with E-state index in [0.29, 0.717) is 24.1 Å². The summed E-state index contributed by atoms with van der Waals surface area (Å²) in [7, 11) is 1.89. The summed E-state index contributed by atoms with van der Waals surface area (Å²) in [6.07, 6.45) is 2.43. The van der Waals surface area contributed by atoms with E-state index in [1.54, 1.807) is 6.20 Å². The minimum absolute atomic E-state index is 0.139. The monoisotopic (exact) mass is 367 g/mol. The lowest BCUT2D eigenvalue weighted by Gasteiger charge is -2.08. The van der Waals surface area contributed by atoms with E-state index < -0.39 is 0 Å². The SMILES string of the molecule is Cc1ccc(-c2cnc(NC(=O)CCc3nc(C(C)C)no3)n2C)cc1C. The number of amides is 1. The molecular weight excluding hydrogens is 342 g/mol. The van der Waals surface area contributed by atoms with Gasteiger partial charge in [-0.05, 0) is 31.0 Å². The van der Waals surface area contributed by atoms with E-state index >= 15 is 0 Å². The van der Waals surface area contributed by atoms with Crippen LogP contribution in [0.4, 0.5) is 5.95 Å². The molecule has 142 valence electrons. The molecule has 0 atom stereocenters. The van der Waals surface area contributed by atoms with Gasteiger partial charge < -0.3 is 9.09 Å². The molecule has 27 heavy (non-hydrogen) atoms. The molecule has 0 aliphatic rings. The molecule has 0 fully saturated rings. The first-order valence-corrected chi connectivity index (χ1v) is 9.07. The Hall–Kier alpha value is -2.96. The summed E-state index contributed by atoms with van der Waals surface area (Å²) in [4.78, 5) is 20.9. The van der Waals surface area contributed by atoms with Crippen molar-refractivity contribution in [2.45, 2.75) is 46.5 Å². The van der Waals surface area contributed by atoms with Crippen molar-refractivity contribution in [3.8, 4) is 11.3 Å². The van der Waals surface area contributed by atoms with E-state index in [4.69, 9.17) is 4.52 Å². The van der Waals surface area contributed by atoms with Crippen molar-refractivity contribution in [3.05, 3.63) is 47.2 Å². The zero-order valence-electron chi connectivity index (χ0n) is 16.4. The van der Waals surface area contributed by atoms with Crippen LogP contribution in [0.5, 0.6) is 0 Å². The highest BCUT2D eigenvalue weighted by Crippen LogP contribution is 2.24. The van der Waals surface area contributed by atoms with Crippen molar-refractivity contribution in [2.75, 3.05) is 5.32 Å². The maximum atomic E-state index is 12.3. The maximum absolute atomic E-state index is 12.3. The third kappa shape index (κ3) is 4.24. The Bertz CT molecular complexity index is 955. The molecule has 0 radical (unpaired) electrons. The van der Waals surface area contributed by atoms with E-state index in [-0.39, 0.29) is 18.2 Å². The van der Waals surface area contributed by atoms with E-state index in [2.05, 4.69) is 52.5 Å². The molecule has 0 saturated carbocycles. The van der Waals surface area contributed by atoms with Gasteiger partial charge in [0.15, 0.2) is 5.82 Å². The molecule has 2 heterocycles. The lowest BCUT2D eigenvalue weighted by atomic mass is 10.0. The van der Waals surface area contributed by atoms with Crippen LogP contribution in [0.15, 0.2) is 28.9 Å². The van der Waals surface area contributed by atoms with E-state index in [0.717, 1.165) is 11.3 Å². The molecule has 0 bridgehead atoms. The van der Waals surface area contributed by atoms with Crippen molar-refractivity contribution in [2.24, 2.45) is 7.05 Å². The number of nitrogens with one attached hydrogen (secondary N) is 1. The molecule has 7 nitrogen and oxygen atoms in total. The Morgan fingerprint density at radius 3 is 2.70 bits per heavy atom. The zero-order chi connectivity index (χ0) is 19.6. The van der Waals surface area contributed by atoms with Gasteiger partial charge in [-0.25, -0.2) is 4.98 Å². The van der Waals surface area contributed by atoms with E-state index in [9.17, 15) is 4.79 Å². The second kappa shape index (κ2) is 7.73. The third-order valence-corrected chi connectivity index (χ3v) is 4.61. The molecule has 2 aromatic heterocycles. The van der Waals surface area contributed by atoms with Gasteiger partial charge in [-0.1, -0.05) is 31.1 Å². The normalized spacial score (nSPS) is 11.2. The predicted octanol–water partition coefficient (Wildman–Crippen LogP) is 3.78. The van der Waals surface area contributed by atoms with Gasteiger partial charge in [0.2, 0.25) is 17.7 Å². The fourth-order valence-electron chi connectivity index (χ4n) is 2.71. The highest BCUT2D eigenvalue weighted by atomic mass is 16.5. The van der Waals surface area contributed by atoms with Crippen LogP contribution in [0.25, 0.3) is 11.3 Å². The number of carbonyl (C=O) groups excluding carboxylic acids is 1. The van der Waals surface area contributed by atoms with Crippen molar-refractivity contribution < 1.29 is 9.32 Å². The Morgan fingerprint density at radius 1 is 1.26 bits per heavy atom. The van der Waals surface area contributed by atoms with Gasteiger partial charge in [0.25, 0.3) is 0 Å². The van der Waals surface area contributed by atoms with E-state index in [1.807, 2.05) is 25.5 Å². The number of hydrogen-bond acceptors (Lipinski definition) is 5. The van der Waals surface area contributed by atoms with Gasteiger partial charge in [-0.15, -0.1) is 0 Å². The average molecular weight is 367 g/mol. The number of aromatic nitrogens is 4. The smallest absolute Gasteiger partial charge is 0.227 e. The summed E-state index contributed by atoms with van der Waals surface area (Å²) in [5.41, 5.74) is 4.49. The Labute approximate surface area is 158 Å². The number of imidazole rings is 1. The van der Waals surface area contributed by atoms with Crippen LogP contribution < -0.4 is 5.32 Å². The number of anilines is 1. The minimum Gasteiger partial charge on any atom is -0.339 e. The Balaban J connectivity index is 1.64. The molecule has 0 spiro atoms. The second-order valence-corrected chi connectivity index (χ2v) is 7.07. The number of rotatable bonds is 6. The summed E-state index contributed by atoms with van der Waals surface area (Å²) in [5.74, 6) is 1.71. The Morgan fingerprint density at radius 2 is 2.04 bits per heavy atom. The van der Waals surface area contributed by atoms with Gasteiger partial charge in [0.05, 0.1) is 11.9 Å². The van der Waals surface area contributed by atoms with Gasteiger partial charge in [-0.3, -0.25) is 10.1 Å². The van der Waals surface area contributed by atoms with Crippen LogP contribution in [-0.4, -0.2) is 25.6 Å². The molecule has 0 saturated heterocycles. The molecular formula is C20H25N5O2. The highest BCUT2D eigenvalue weighted by Gasteiger charge is 2.14. The van der Waals surface area contributed by atoms with Crippen molar-refractivity contribution in [3.63, 3.8) is 0 Å². The molecule has 0 aliphatic carbocycles. The largest absolute Gasteiger partial charge is 0.339 e. The topological polar surface area (TPSA) is 85.8 Å². The minimum atomic E-state index is -0.139. The van der Waals surface area contributed by atoms with Crippen LogP contribution in [0, 0.1) is 13.8 Å². The first kappa shape index (κ1) is 18.8. The second-order valence-electron chi connectivity index (χ2n) is 7.07. The molecule has 7 heteroatoms. The fourth-order valence-corrected chi connectivity index (χ4v) is 2.71. The average Bonchev–Trinajstić information content (AvgIpc) is 3.24. The molecule has 3 aromatic rings. The predicted molar refractivity (Wildman–Crippen MR) is 103 cm³/mol. The summed E-state index contributed by atoms with van der Waals surface area (Å²) in [6, 6.07) is 6.28.